The predicted molar refractivity (Wildman–Crippen MR) is 386 cm³/mol. The fourth-order valence-corrected chi connectivity index (χ4v) is 13.4. The van der Waals surface area contributed by atoms with Gasteiger partial charge in [0.25, 0.3) is 5.96 Å². The topological polar surface area (TPSA) is 389 Å². The number of pyridine rings is 2. The average Bonchev–Trinajstić information content (AvgIpc) is 1.67. The Morgan fingerprint density at radius 1 is 0.770 bits per heavy atom. The van der Waals surface area contributed by atoms with Crippen molar-refractivity contribution in [1.82, 2.24) is 35.3 Å². The number of anilines is 2. The number of carbonyl (C=O) groups is 8. The Morgan fingerprint density at radius 3 is 1.88 bits per heavy atom. The number of aliphatic hydroxyl groups is 1. The molecule has 0 spiro atoms. The maximum Gasteiger partial charge on any atom is 0.266 e. The SMILES string of the molecule is CC(C)C[C@@H](C(=O)C[C@@H](CCCN/C(N)=N/[N+](=O)[O-])C(=O)Nc1nccs1)[C@H](C(C)C)N(O)C=O.CC[C@H](C)[C@H](CC(=O)[C@H](CC(C)C)[C@H](C(C)C)N(O)C=O)C(=O)Nc1ccccn1.Cc1cc(CCc2ccc([C@]3(N)CCN([C@H](CC(C)C)C(=O)CO)C3=O)cc2)c2ccccc2n1. The highest BCUT2D eigenvalue weighted by atomic mass is 32.1. The molecule has 5 amide bonds. The molecule has 100 heavy (non-hydrogen) atoms. The molecule has 1 aliphatic heterocycles. The van der Waals surface area contributed by atoms with Crippen LogP contribution in [-0.2, 0) is 56.7 Å². The van der Waals surface area contributed by atoms with Gasteiger partial charge in [-0.15, -0.1) is 11.3 Å². The summed E-state index contributed by atoms with van der Waals surface area (Å²) in [6, 6.07) is 21.6. The molecule has 0 bridgehead atoms. The van der Waals surface area contributed by atoms with Gasteiger partial charge in [0.15, 0.2) is 15.9 Å². The number of Topliss-reactive ketones (excluding diaryl/α,β-unsaturated/α-hetero) is 3. The van der Waals surface area contributed by atoms with Crippen molar-refractivity contribution >= 4 is 87.0 Å². The number of hydrazone groups is 1. The van der Waals surface area contributed by atoms with Crippen LogP contribution in [-0.4, -0.2) is 142 Å². The summed E-state index contributed by atoms with van der Waals surface area (Å²) >= 11 is 1.24. The van der Waals surface area contributed by atoms with Crippen LogP contribution in [0.25, 0.3) is 10.9 Å². The average molecular weight is 1410 g/mol. The number of aromatic nitrogens is 3. The Bertz CT molecular complexity index is 3470. The van der Waals surface area contributed by atoms with Gasteiger partial charge in [-0.05, 0) is 135 Å². The maximum absolute atomic E-state index is 13.4. The van der Waals surface area contributed by atoms with Crippen LogP contribution in [0.5, 0.6) is 0 Å². The minimum atomic E-state index is -1.15. The molecule has 1 fully saturated rings. The van der Waals surface area contributed by atoms with Gasteiger partial charge in [0.05, 0.1) is 23.6 Å². The van der Waals surface area contributed by atoms with Crippen LogP contribution >= 0.6 is 11.3 Å². The lowest BCUT2D eigenvalue weighted by Gasteiger charge is -2.34. The molecule has 5 aromatic rings. The third kappa shape index (κ3) is 25.6. The molecule has 548 valence electrons. The van der Waals surface area contributed by atoms with Gasteiger partial charge in [0.1, 0.15) is 34.6 Å². The molecule has 27 heteroatoms. The zero-order valence-electron chi connectivity index (χ0n) is 60.3. The minimum Gasteiger partial charge on any atom is -0.389 e. The molecule has 4 heterocycles. The van der Waals surface area contributed by atoms with E-state index in [1.807, 2.05) is 132 Å². The Labute approximate surface area is 592 Å². The van der Waals surface area contributed by atoms with Crippen molar-refractivity contribution in [3.8, 4) is 0 Å². The summed E-state index contributed by atoms with van der Waals surface area (Å²) in [5.41, 5.74) is 16.1. The van der Waals surface area contributed by atoms with Crippen LogP contribution in [0, 0.1) is 76.2 Å². The van der Waals surface area contributed by atoms with Crippen molar-refractivity contribution in [3.05, 3.63) is 123 Å². The van der Waals surface area contributed by atoms with E-state index in [4.69, 9.17) is 11.5 Å². The second-order valence-electron chi connectivity index (χ2n) is 27.9. The van der Waals surface area contributed by atoms with Crippen molar-refractivity contribution < 1.29 is 58.9 Å². The number of nitro groups is 1. The van der Waals surface area contributed by atoms with E-state index in [2.05, 4.69) is 48.1 Å². The number of amides is 5. The Morgan fingerprint density at radius 2 is 1.36 bits per heavy atom. The number of hydrogen-bond donors (Lipinski definition) is 8. The summed E-state index contributed by atoms with van der Waals surface area (Å²) in [6.07, 6.45) is 8.82. The molecule has 10 N–H and O–H groups in total. The van der Waals surface area contributed by atoms with Gasteiger partial charge in [0.2, 0.25) is 30.5 Å². The minimum absolute atomic E-state index is 0.00818. The van der Waals surface area contributed by atoms with Crippen LogP contribution in [0.1, 0.15) is 163 Å². The quantitative estimate of drug-likeness (QED) is 0.00346. The van der Waals surface area contributed by atoms with Gasteiger partial charge < -0.3 is 37.4 Å². The third-order valence-corrected chi connectivity index (χ3v) is 18.8. The fraction of sp³-hybridized carbons (Fsp3) is 0.562. The number of nitrogens with one attached hydrogen (secondary N) is 3. The molecular formula is C73H107N13O13S. The number of aryl methyl sites for hydroxylation is 3. The molecule has 0 unspecified atom stereocenters. The highest BCUT2D eigenvalue weighted by Crippen LogP contribution is 2.36. The van der Waals surface area contributed by atoms with E-state index in [1.165, 1.54) is 27.8 Å². The van der Waals surface area contributed by atoms with Crippen LogP contribution in [0.4, 0.5) is 10.9 Å². The normalized spacial score (nSPS) is 16.3. The predicted octanol–water partition coefficient (Wildman–Crippen LogP) is 9.93. The number of nitrogens with zero attached hydrogens (tertiary/aromatic N) is 8. The number of rotatable bonds is 38. The maximum atomic E-state index is 13.4. The first kappa shape index (κ1) is 83.9. The zero-order valence-corrected chi connectivity index (χ0v) is 61.1. The lowest BCUT2D eigenvalue weighted by atomic mass is 9.77. The molecular weight excluding hydrogens is 1300 g/mol. The van der Waals surface area contributed by atoms with E-state index in [-0.39, 0.29) is 102 Å². The number of guanidine groups is 1. The van der Waals surface area contributed by atoms with Crippen LogP contribution in [0.15, 0.2) is 95.7 Å². The fourth-order valence-electron chi connectivity index (χ4n) is 12.9. The van der Waals surface area contributed by atoms with Crippen molar-refractivity contribution in [2.24, 2.45) is 75.7 Å². The number of nitrogens with two attached hydrogens (primary N) is 2. The number of hydroxylamine groups is 4. The molecule has 6 rings (SSSR count). The van der Waals surface area contributed by atoms with E-state index >= 15 is 0 Å². The zero-order chi connectivity index (χ0) is 74.6. The summed E-state index contributed by atoms with van der Waals surface area (Å²) in [5, 5.41) is 54.7. The smallest absolute Gasteiger partial charge is 0.266 e. The lowest BCUT2D eigenvalue weighted by Crippen LogP contribution is -2.50. The molecule has 0 radical (unpaired) electrons. The first-order valence-corrected chi connectivity index (χ1v) is 35.4. The van der Waals surface area contributed by atoms with E-state index in [0.29, 0.717) is 72.5 Å². The number of para-hydroxylation sites is 1. The first-order valence-electron chi connectivity index (χ1n) is 34.5. The Hall–Kier alpha value is -8.50. The third-order valence-electron chi connectivity index (χ3n) is 18.1. The number of likely N-dealkylation sites (tertiary alicyclic amines) is 1. The molecule has 26 nitrogen and oxygen atoms in total. The highest BCUT2D eigenvalue weighted by Gasteiger charge is 2.48. The molecule has 9 atom stereocenters. The van der Waals surface area contributed by atoms with Crippen LogP contribution in [0.2, 0.25) is 0 Å². The number of hydrogen-bond acceptors (Lipinski definition) is 18. The Balaban J connectivity index is 0.000000320. The second kappa shape index (κ2) is 41.3. The van der Waals surface area contributed by atoms with Gasteiger partial charge in [0, 0.05) is 78.5 Å². The number of fused-ring (bicyclic) bond motifs is 1. The van der Waals surface area contributed by atoms with Gasteiger partial charge >= 0.3 is 0 Å². The van der Waals surface area contributed by atoms with E-state index in [1.54, 1.807) is 40.9 Å². The largest absolute Gasteiger partial charge is 0.389 e. The monoisotopic (exact) mass is 1410 g/mol. The summed E-state index contributed by atoms with van der Waals surface area (Å²) < 4.78 is 0. The summed E-state index contributed by atoms with van der Waals surface area (Å²) in [5.74, 6) is -3.70. The summed E-state index contributed by atoms with van der Waals surface area (Å²) in [4.78, 5) is 126. The number of thiazole rings is 1. The van der Waals surface area contributed by atoms with Gasteiger partial charge in [-0.25, -0.2) is 30.2 Å². The van der Waals surface area contributed by atoms with Crippen LogP contribution in [0.3, 0.4) is 0 Å². The number of aliphatic hydroxyl groups excluding tert-OH is 1. The number of carbonyl (C=O) groups excluding carboxylic acids is 8. The molecule has 0 aliphatic carbocycles. The second-order valence-corrected chi connectivity index (χ2v) is 28.8. The molecule has 0 saturated carbocycles. The van der Waals surface area contributed by atoms with E-state index in [0.717, 1.165) is 36.0 Å². The Kier molecular flexibility index (Phi) is 34.7. The van der Waals surface area contributed by atoms with Crippen molar-refractivity contribution in [3.63, 3.8) is 0 Å². The van der Waals surface area contributed by atoms with E-state index in [9.17, 15) is 64.0 Å². The first-order chi connectivity index (χ1) is 47.3. The van der Waals surface area contributed by atoms with Crippen LogP contribution < -0.4 is 27.4 Å². The summed E-state index contributed by atoms with van der Waals surface area (Å²) in [6.45, 7) is 25.3. The van der Waals surface area contributed by atoms with Gasteiger partial charge in [-0.2, -0.15) is 0 Å². The molecule has 3 aromatic heterocycles. The highest BCUT2D eigenvalue weighted by molar-refractivity contribution is 7.13. The molecule has 2 aromatic carbocycles. The van der Waals surface area contributed by atoms with Crippen molar-refractivity contribution in [2.45, 2.75) is 184 Å². The summed E-state index contributed by atoms with van der Waals surface area (Å²) in [7, 11) is 0. The van der Waals surface area contributed by atoms with Crippen molar-refractivity contribution in [2.75, 3.05) is 30.3 Å². The molecule has 1 aliphatic rings. The number of ketones is 3. The van der Waals surface area contributed by atoms with Gasteiger partial charge in [-0.3, -0.25) is 53.8 Å². The van der Waals surface area contributed by atoms with Crippen molar-refractivity contribution in [1.29, 1.82) is 0 Å². The molecule has 1 saturated heterocycles. The number of benzene rings is 2. The van der Waals surface area contributed by atoms with E-state index < -0.39 is 59.0 Å². The lowest BCUT2D eigenvalue weighted by molar-refractivity contribution is -0.485. The standard InChI is InChI=1S/C29H35N3O3.C23H37N3O4.C21H35N7O6S/c1-19(2)16-26(27(34)18-33)32-15-14-29(30,28(32)35)23-12-9-21(10-13-23)8-11-22-17-20(3)31-25-7-5-4-6-24(22)25;1-7-17(6)18(23(29)25-21-10-8-9-11-24-21)13-20(28)19(12-15(2)3)22(16(4)5)26(30)14-27;1-13(2)10-16(18(14(3)4)27(32)12-29)17(30)11-15(19(31)25-21-24-8-9-35-21)6-5-7-23-20(22)26-28(33)34/h4-7,9-10,12-13,17,19,26,33H,8,11,14-16,18,30H2,1-3H3;8-11,14-19,22,30H,7,12-13H2,1-6H3,(H,24,25,29);8-9,12-16,18,32H,5-7,10-11H2,1-4H3,(H3,22,23,26)(H,24,25,31)/t26-,29-;17-,18-,19-,22-;15-,16+,18+/m101/s1. The van der Waals surface area contributed by atoms with Gasteiger partial charge in [-0.1, -0.05) is 138 Å².